The summed E-state index contributed by atoms with van der Waals surface area (Å²) < 4.78 is 0. The van der Waals surface area contributed by atoms with Crippen molar-refractivity contribution >= 4 is 0 Å². The van der Waals surface area contributed by atoms with Crippen LogP contribution in [0.3, 0.4) is 0 Å². The molecule has 1 saturated heterocycles. The van der Waals surface area contributed by atoms with Crippen LogP contribution in [-0.2, 0) is 0 Å². The minimum atomic E-state index is 0.481. The second kappa shape index (κ2) is 3.75. The van der Waals surface area contributed by atoms with Crippen molar-refractivity contribution in [1.82, 2.24) is 10.9 Å². The van der Waals surface area contributed by atoms with Crippen LogP contribution in [0.15, 0.2) is 0 Å². The maximum Gasteiger partial charge on any atom is 0.0324 e. The molecule has 1 heterocycles. The molecule has 0 radical (unpaired) electrons. The van der Waals surface area contributed by atoms with Gasteiger partial charge in [-0.05, 0) is 25.7 Å². The first-order valence-corrected chi connectivity index (χ1v) is 5.41. The van der Waals surface area contributed by atoms with Crippen LogP contribution >= 0.6 is 0 Å². The van der Waals surface area contributed by atoms with Crippen molar-refractivity contribution in [1.29, 1.82) is 0 Å². The summed E-state index contributed by atoms with van der Waals surface area (Å²) >= 11 is 0. The summed E-state index contributed by atoms with van der Waals surface area (Å²) in [6, 6.07) is 0. The van der Waals surface area contributed by atoms with Gasteiger partial charge in [0.15, 0.2) is 0 Å². The first-order valence-electron chi connectivity index (χ1n) is 5.41. The number of hydrazine groups is 1. The highest BCUT2D eigenvalue weighted by Gasteiger charge is 2.31. The Labute approximate surface area is 75.1 Å². The normalized spacial score (nSPS) is 30.0. The minimum Gasteiger partial charge on any atom is -0.257 e. The largest absolute Gasteiger partial charge is 0.257 e. The Balaban J connectivity index is 1.95. The highest BCUT2D eigenvalue weighted by atomic mass is 15.4. The molecule has 1 spiro atoms. The van der Waals surface area contributed by atoms with E-state index < -0.39 is 0 Å². The van der Waals surface area contributed by atoms with Crippen LogP contribution < -0.4 is 10.9 Å². The summed E-state index contributed by atoms with van der Waals surface area (Å²) in [5.41, 5.74) is 7.33. The van der Waals surface area contributed by atoms with Crippen molar-refractivity contribution in [3.05, 3.63) is 0 Å². The Kier molecular flexibility index (Phi) is 2.66. The van der Waals surface area contributed by atoms with Gasteiger partial charge in [0.05, 0.1) is 0 Å². The molecule has 12 heavy (non-hydrogen) atoms. The van der Waals surface area contributed by atoms with Crippen molar-refractivity contribution in [2.24, 2.45) is 0 Å². The summed E-state index contributed by atoms with van der Waals surface area (Å²) in [5.74, 6) is 0. The standard InChI is InChI=1S/C10H20N2/c1-2-4-7-10(6-3-1)8-5-9-11-12-10/h11-12H,1-9H2. The number of rotatable bonds is 0. The van der Waals surface area contributed by atoms with E-state index in [-0.39, 0.29) is 0 Å². The molecule has 70 valence electrons. The van der Waals surface area contributed by atoms with Gasteiger partial charge in [-0.3, -0.25) is 10.9 Å². The topological polar surface area (TPSA) is 24.1 Å². The lowest BCUT2D eigenvalue weighted by molar-refractivity contribution is 0.189. The zero-order valence-corrected chi connectivity index (χ0v) is 7.86. The van der Waals surface area contributed by atoms with Gasteiger partial charge in [0.1, 0.15) is 0 Å². The van der Waals surface area contributed by atoms with Crippen molar-refractivity contribution < 1.29 is 0 Å². The van der Waals surface area contributed by atoms with Gasteiger partial charge in [-0.15, -0.1) is 0 Å². The second-order valence-electron chi connectivity index (χ2n) is 4.35. The second-order valence-corrected chi connectivity index (χ2v) is 4.35. The average molecular weight is 168 g/mol. The van der Waals surface area contributed by atoms with Crippen LogP contribution in [0.5, 0.6) is 0 Å². The summed E-state index contributed by atoms with van der Waals surface area (Å²) in [4.78, 5) is 0. The molecule has 2 nitrogen and oxygen atoms in total. The molecule has 0 amide bonds. The lowest BCUT2D eigenvalue weighted by Gasteiger charge is -2.38. The van der Waals surface area contributed by atoms with Crippen LogP contribution in [0, 0.1) is 0 Å². The monoisotopic (exact) mass is 168 g/mol. The fourth-order valence-corrected chi connectivity index (χ4v) is 2.61. The summed E-state index contributed by atoms with van der Waals surface area (Å²) in [6.07, 6.45) is 11.3. The first kappa shape index (κ1) is 8.52. The molecule has 2 N–H and O–H groups in total. The molecule has 0 aromatic rings. The fraction of sp³-hybridized carbons (Fsp3) is 1.00. The highest BCUT2D eigenvalue weighted by Crippen LogP contribution is 2.31. The van der Waals surface area contributed by atoms with E-state index in [1.165, 1.54) is 51.4 Å². The van der Waals surface area contributed by atoms with Crippen LogP contribution in [0.1, 0.15) is 51.4 Å². The van der Waals surface area contributed by atoms with Gasteiger partial charge >= 0.3 is 0 Å². The van der Waals surface area contributed by atoms with Gasteiger partial charge < -0.3 is 0 Å². The lowest BCUT2D eigenvalue weighted by Crippen LogP contribution is -2.56. The van der Waals surface area contributed by atoms with Gasteiger partial charge in [0, 0.05) is 12.1 Å². The fourth-order valence-electron chi connectivity index (χ4n) is 2.61. The van der Waals surface area contributed by atoms with Crippen molar-refractivity contribution in [2.45, 2.75) is 56.9 Å². The Bertz CT molecular complexity index is 129. The number of hydrogen-bond donors (Lipinski definition) is 2. The van der Waals surface area contributed by atoms with Crippen LogP contribution in [-0.4, -0.2) is 12.1 Å². The predicted molar refractivity (Wildman–Crippen MR) is 50.8 cm³/mol. The molecule has 0 aromatic carbocycles. The molecule has 2 heteroatoms. The van der Waals surface area contributed by atoms with Crippen LogP contribution in [0.2, 0.25) is 0 Å². The molecule has 0 bridgehead atoms. The van der Waals surface area contributed by atoms with Gasteiger partial charge in [-0.25, -0.2) is 0 Å². The molecule has 1 aliphatic heterocycles. The smallest absolute Gasteiger partial charge is 0.0324 e. The van der Waals surface area contributed by atoms with Crippen LogP contribution in [0.4, 0.5) is 0 Å². The zero-order valence-electron chi connectivity index (χ0n) is 7.86. The first-order chi connectivity index (χ1) is 5.91. The zero-order chi connectivity index (χ0) is 8.28. The van der Waals surface area contributed by atoms with E-state index in [4.69, 9.17) is 0 Å². The maximum absolute atomic E-state index is 3.52. The Morgan fingerprint density at radius 2 is 1.42 bits per heavy atom. The van der Waals surface area contributed by atoms with Gasteiger partial charge in [0.25, 0.3) is 0 Å². The van der Waals surface area contributed by atoms with Crippen molar-refractivity contribution in [2.75, 3.05) is 6.54 Å². The van der Waals surface area contributed by atoms with E-state index in [1.807, 2.05) is 0 Å². The third-order valence-corrected chi connectivity index (χ3v) is 3.37. The molecule has 0 unspecified atom stereocenters. The SMILES string of the molecule is C1CCCC2(CC1)CCCNN2. The minimum absolute atomic E-state index is 0.481. The summed E-state index contributed by atoms with van der Waals surface area (Å²) in [5, 5.41) is 0. The van der Waals surface area contributed by atoms with Crippen molar-refractivity contribution in [3.8, 4) is 0 Å². The third-order valence-electron chi connectivity index (χ3n) is 3.37. The number of hydrogen-bond acceptors (Lipinski definition) is 2. The molecule has 0 aromatic heterocycles. The van der Waals surface area contributed by atoms with Gasteiger partial charge in [-0.2, -0.15) is 0 Å². The predicted octanol–water partition coefficient (Wildman–Crippen LogP) is 1.97. The highest BCUT2D eigenvalue weighted by molar-refractivity contribution is 4.90. The van der Waals surface area contributed by atoms with Crippen molar-refractivity contribution in [3.63, 3.8) is 0 Å². The van der Waals surface area contributed by atoms with E-state index in [0.29, 0.717) is 5.54 Å². The van der Waals surface area contributed by atoms with E-state index in [2.05, 4.69) is 10.9 Å². The lowest BCUT2D eigenvalue weighted by atomic mass is 9.85. The quantitative estimate of drug-likeness (QED) is 0.578. The molecule has 2 aliphatic rings. The Morgan fingerprint density at radius 1 is 0.750 bits per heavy atom. The average Bonchev–Trinajstić information content (AvgIpc) is 2.33. The molecule has 0 atom stereocenters. The summed E-state index contributed by atoms with van der Waals surface area (Å²) in [7, 11) is 0. The van der Waals surface area contributed by atoms with E-state index in [9.17, 15) is 0 Å². The van der Waals surface area contributed by atoms with Gasteiger partial charge in [0.2, 0.25) is 0 Å². The molecular weight excluding hydrogens is 148 g/mol. The number of nitrogens with one attached hydrogen (secondary N) is 2. The van der Waals surface area contributed by atoms with E-state index in [0.717, 1.165) is 6.54 Å². The van der Waals surface area contributed by atoms with Gasteiger partial charge in [-0.1, -0.05) is 25.7 Å². The molecular formula is C10H20N2. The molecule has 2 rings (SSSR count). The molecule has 1 aliphatic carbocycles. The maximum atomic E-state index is 3.52. The third kappa shape index (κ3) is 1.80. The van der Waals surface area contributed by atoms with E-state index in [1.54, 1.807) is 0 Å². The Morgan fingerprint density at radius 3 is 2.00 bits per heavy atom. The van der Waals surface area contributed by atoms with E-state index >= 15 is 0 Å². The van der Waals surface area contributed by atoms with Crippen LogP contribution in [0.25, 0.3) is 0 Å². The molecule has 2 fully saturated rings. The summed E-state index contributed by atoms with van der Waals surface area (Å²) in [6.45, 7) is 1.15. The molecule has 1 saturated carbocycles. The Hall–Kier alpha value is -0.0800.